The molecule has 1 saturated heterocycles. The lowest BCUT2D eigenvalue weighted by Crippen LogP contribution is -2.52. The molecule has 1 unspecified atom stereocenters. The van der Waals surface area contributed by atoms with Gasteiger partial charge in [0.25, 0.3) is 0 Å². The Morgan fingerprint density at radius 1 is 1.17 bits per heavy atom. The largest absolute Gasteiger partial charge is 0.310 e. The molecular formula is C16H34N2. The van der Waals surface area contributed by atoms with Gasteiger partial charge in [0.2, 0.25) is 0 Å². The van der Waals surface area contributed by atoms with E-state index in [0.29, 0.717) is 5.54 Å². The average molecular weight is 254 g/mol. The van der Waals surface area contributed by atoms with Gasteiger partial charge in [-0.2, -0.15) is 0 Å². The van der Waals surface area contributed by atoms with Crippen LogP contribution in [0.4, 0.5) is 0 Å². The summed E-state index contributed by atoms with van der Waals surface area (Å²) in [6.07, 6.45) is 9.30. The van der Waals surface area contributed by atoms with Gasteiger partial charge in [0, 0.05) is 18.1 Å². The monoisotopic (exact) mass is 254 g/mol. The fraction of sp³-hybridized carbons (Fsp3) is 1.00. The Labute approximate surface area is 115 Å². The smallest absolute Gasteiger partial charge is 0.0303 e. The van der Waals surface area contributed by atoms with E-state index < -0.39 is 0 Å². The van der Waals surface area contributed by atoms with Crippen LogP contribution in [0.25, 0.3) is 0 Å². The Bertz CT molecular complexity index is 211. The number of hydrogen-bond acceptors (Lipinski definition) is 2. The van der Waals surface area contributed by atoms with Crippen LogP contribution < -0.4 is 5.32 Å². The minimum Gasteiger partial charge on any atom is -0.310 e. The minimum atomic E-state index is 0.371. The van der Waals surface area contributed by atoms with E-state index in [9.17, 15) is 0 Å². The predicted octanol–water partition coefficient (Wildman–Crippen LogP) is 3.81. The van der Waals surface area contributed by atoms with E-state index in [2.05, 4.69) is 37.9 Å². The van der Waals surface area contributed by atoms with Crippen molar-refractivity contribution in [2.24, 2.45) is 0 Å². The molecule has 0 amide bonds. The van der Waals surface area contributed by atoms with Crippen molar-refractivity contribution in [2.45, 2.75) is 84.2 Å². The molecule has 1 atom stereocenters. The van der Waals surface area contributed by atoms with Gasteiger partial charge in [-0.25, -0.2) is 0 Å². The number of unbranched alkanes of at least 4 members (excludes halogenated alkanes) is 2. The Balaban J connectivity index is 2.52. The molecule has 1 fully saturated rings. The standard InChI is InChI=1S/C16H34N2/c1-5-8-9-11-15(4)18-13-10-12-17-16(6-2,7-3)14-18/h15,17H,5-14H2,1-4H3. The van der Waals surface area contributed by atoms with Crippen LogP contribution in [0.15, 0.2) is 0 Å². The van der Waals surface area contributed by atoms with E-state index in [1.54, 1.807) is 0 Å². The molecule has 0 radical (unpaired) electrons. The summed E-state index contributed by atoms with van der Waals surface area (Å²) in [5, 5.41) is 3.80. The molecule has 0 aromatic carbocycles. The molecule has 1 rings (SSSR count). The first-order valence-electron chi connectivity index (χ1n) is 8.16. The van der Waals surface area contributed by atoms with Gasteiger partial charge in [-0.05, 0) is 45.7 Å². The topological polar surface area (TPSA) is 15.3 Å². The molecule has 2 nitrogen and oxygen atoms in total. The first-order chi connectivity index (χ1) is 8.67. The lowest BCUT2D eigenvalue weighted by atomic mass is 9.91. The highest BCUT2D eigenvalue weighted by atomic mass is 15.2. The summed E-state index contributed by atoms with van der Waals surface area (Å²) in [6, 6.07) is 0.758. The summed E-state index contributed by atoms with van der Waals surface area (Å²) in [6.45, 7) is 13.1. The molecule has 108 valence electrons. The highest BCUT2D eigenvalue weighted by Crippen LogP contribution is 2.22. The Hall–Kier alpha value is -0.0800. The summed E-state index contributed by atoms with van der Waals surface area (Å²) < 4.78 is 0. The van der Waals surface area contributed by atoms with Crippen molar-refractivity contribution in [2.75, 3.05) is 19.6 Å². The van der Waals surface area contributed by atoms with Crippen molar-refractivity contribution in [3.05, 3.63) is 0 Å². The average Bonchev–Trinajstić information content (AvgIpc) is 2.62. The van der Waals surface area contributed by atoms with Gasteiger partial charge in [0.05, 0.1) is 0 Å². The van der Waals surface area contributed by atoms with E-state index >= 15 is 0 Å². The molecule has 1 aliphatic heterocycles. The summed E-state index contributed by atoms with van der Waals surface area (Å²) in [4.78, 5) is 2.74. The summed E-state index contributed by atoms with van der Waals surface area (Å²) in [7, 11) is 0. The van der Waals surface area contributed by atoms with Crippen molar-refractivity contribution in [1.29, 1.82) is 0 Å². The van der Waals surface area contributed by atoms with Gasteiger partial charge in [0.15, 0.2) is 0 Å². The lowest BCUT2D eigenvalue weighted by Gasteiger charge is -2.38. The van der Waals surface area contributed by atoms with Gasteiger partial charge in [0.1, 0.15) is 0 Å². The SMILES string of the molecule is CCCCCC(C)N1CCCNC(CC)(CC)C1. The van der Waals surface area contributed by atoms with Crippen LogP contribution >= 0.6 is 0 Å². The van der Waals surface area contributed by atoms with Crippen LogP contribution in [-0.4, -0.2) is 36.1 Å². The first kappa shape index (κ1) is 16.0. The van der Waals surface area contributed by atoms with E-state index in [4.69, 9.17) is 0 Å². The van der Waals surface area contributed by atoms with Crippen molar-refractivity contribution in [3.63, 3.8) is 0 Å². The van der Waals surface area contributed by atoms with Crippen LogP contribution in [0, 0.1) is 0 Å². The van der Waals surface area contributed by atoms with E-state index in [1.807, 2.05) is 0 Å². The zero-order valence-electron chi connectivity index (χ0n) is 13.1. The third kappa shape index (κ3) is 4.55. The number of nitrogens with zero attached hydrogens (tertiary/aromatic N) is 1. The molecular weight excluding hydrogens is 220 g/mol. The summed E-state index contributed by atoms with van der Waals surface area (Å²) >= 11 is 0. The second-order valence-electron chi connectivity index (χ2n) is 6.08. The molecule has 0 saturated carbocycles. The third-order valence-electron chi connectivity index (χ3n) is 4.83. The van der Waals surface area contributed by atoms with Crippen LogP contribution in [0.2, 0.25) is 0 Å². The first-order valence-corrected chi connectivity index (χ1v) is 8.16. The van der Waals surface area contributed by atoms with Crippen LogP contribution in [0.3, 0.4) is 0 Å². The van der Waals surface area contributed by atoms with Gasteiger partial charge in [-0.1, -0.05) is 40.0 Å². The van der Waals surface area contributed by atoms with Crippen molar-refractivity contribution >= 4 is 0 Å². The predicted molar refractivity (Wildman–Crippen MR) is 81.1 cm³/mol. The second kappa shape index (κ2) is 8.16. The van der Waals surface area contributed by atoms with Gasteiger partial charge in [-0.15, -0.1) is 0 Å². The molecule has 0 aliphatic carbocycles. The zero-order chi connectivity index (χ0) is 13.4. The van der Waals surface area contributed by atoms with Gasteiger partial charge in [-0.3, -0.25) is 4.90 Å². The molecule has 0 bridgehead atoms. The number of rotatable bonds is 7. The fourth-order valence-corrected chi connectivity index (χ4v) is 3.13. The van der Waals surface area contributed by atoms with E-state index in [-0.39, 0.29) is 0 Å². The van der Waals surface area contributed by atoms with Crippen LogP contribution in [0.1, 0.15) is 72.6 Å². The molecule has 1 heterocycles. The van der Waals surface area contributed by atoms with E-state index in [0.717, 1.165) is 6.04 Å². The maximum atomic E-state index is 3.80. The highest BCUT2D eigenvalue weighted by molar-refractivity contribution is 4.92. The van der Waals surface area contributed by atoms with Crippen molar-refractivity contribution in [3.8, 4) is 0 Å². The minimum absolute atomic E-state index is 0.371. The third-order valence-corrected chi connectivity index (χ3v) is 4.83. The van der Waals surface area contributed by atoms with Gasteiger partial charge >= 0.3 is 0 Å². The lowest BCUT2D eigenvalue weighted by molar-refractivity contribution is 0.149. The van der Waals surface area contributed by atoms with Crippen LogP contribution in [0.5, 0.6) is 0 Å². The van der Waals surface area contributed by atoms with Crippen LogP contribution in [-0.2, 0) is 0 Å². The molecule has 0 aromatic heterocycles. The van der Waals surface area contributed by atoms with Gasteiger partial charge < -0.3 is 5.32 Å². The molecule has 18 heavy (non-hydrogen) atoms. The summed E-state index contributed by atoms with van der Waals surface area (Å²) in [5.74, 6) is 0. The second-order valence-corrected chi connectivity index (χ2v) is 6.08. The van der Waals surface area contributed by atoms with Crippen molar-refractivity contribution in [1.82, 2.24) is 10.2 Å². The normalized spacial score (nSPS) is 22.7. The molecule has 2 heteroatoms. The maximum absolute atomic E-state index is 3.80. The molecule has 0 aromatic rings. The van der Waals surface area contributed by atoms with E-state index in [1.165, 1.54) is 64.6 Å². The Morgan fingerprint density at radius 2 is 1.89 bits per heavy atom. The molecule has 0 spiro atoms. The maximum Gasteiger partial charge on any atom is 0.0303 e. The highest BCUT2D eigenvalue weighted by Gasteiger charge is 2.31. The number of hydrogen-bond donors (Lipinski definition) is 1. The quantitative estimate of drug-likeness (QED) is 0.695. The molecule has 1 N–H and O–H groups in total. The zero-order valence-corrected chi connectivity index (χ0v) is 13.1. The molecule has 1 aliphatic rings. The number of nitrogens with one attached hydrogen (secondary N) is 1. The summed E-state index contributed by atoms with van der Waals surface area (Å²) in [5.41, 5.74) is 0.371. The fourth-order valence-electron chi connectivity index (χ4n) is 3.13. The van der Waals surface area contributed by atoms with Crippen molar-refractivity contribution < 1.29 is 0 Å². The Kier molecular flexibility index (Phi) is 7.25. The Morgan fingerprint density at radius 3 is 2.50 bits per heavy atom.